The number of para-hydroxylation sites is 1. The van der Waals surface area contributed by atoms with Crippen LogP contribution in [0.2, 0.25) is 0 Å². The molecule has 6 atom stereocenters. The third kappa shape index (κ3) is 11.7. The fourth-order valence-corrected chi connectivity index (χ4v) is 7.01. The van der Waals surface area contributed by atoms with Crippen LogP contribution in [0.1, 0.15) is 27.8 Å². The van der Waals surface area contributed by atoms with E-state index in [9.17, 15) is 4.79 Å². The van der Waals surface area contributed by atoms with E-state index < -0.39 is 36.6 Å². The lowest BCUT2D eigenvalue weighted by atomic mass is 9.81. The van der Waals surface area contributed by atoms with Crippen LogP contribution in [0.5, 0.6) is 5.75 Å². The highest BCUT2D eigenvalue weighted by atomic mass is 16.6. The van der Waals surface area contributed by atoms with Crippen LogP contribution in [-0.2, 0) is 61.5 Å². The summed E-state index contributed by atoms with van der Waals surface area (Å²) in [5.74, 6) is 0.255. The summed E-state index contributed by atoms with van der Waals surface area (Å²) in [5.41, 5.74) is 4.92. The van der Waals surface area contributed by atoms with Crippen LogP contribution in [0.25, 0.3) is 0 Å². The second-order valence-electron chi connectivity index (χ2n) is 14.0. The van der Waals surface area contributed by atoms with Gasteiger partial charge in [-0.3, -0.25) is 4.79 Å². The summed E-state index contributed by atoms with van der Waals surface area (Å²) < 4.78 is 40.6. The molecule has 2 unspecified atom stereocenters. The van der Waals surface area contributed by atoms with E-state index in [1.165, 1.54) is 0 Å². The summed E-state index contributed by atoms with van der Waals surface area (Å²) >= 11 is 0. The van der Waals surface area contributed by atoms with Crippen LogP contribution in [0.4, 0.5) is 0 Å². The zero-order chi connectivity index (χ0) is 38.9. The number of hydrogen-bond acceptors (Lipinski definition) is 7. The minimum atomic E-state index is -0.748. The summed E-state index contributed by atoms with van der Waals surface area (Å²) in [6, 6.07) is 58.5. The molecule has 6 aromatic rings. The van der Waals surface area contributed by atoms with Crippen molar-refractivity contribution in [1.29, 1.82) is 0 Å². The van der Waals surface area contributed by atoms with Gasteiger partial charge in [-0.2, -0.15) is 0 Å². The zero-order valence-electron chi connectivity index (χ0n) is 31.9. The standard InChI is InChI=1S/C49H49NO7/c51-43(36-52-42-29-17-6-18-30-42)50-44-45(53-31-37-19-7-1-8-20-37)47(55-33-39-23-11-3-12-24-39)49(57-35-41-27-15-5-16-28-41)48(56-34-40-25-13-4-14-26-40)46(44)54-32-38-21-9-2-10-22-38/h1-30,44-49H,31-36H2,(H,50,51)/t44?,45-,46+,47+,48-,49?. The van der Waals surface area contributed by atoms with Crippen molar-refractivity contribution in [3.8, 4) is 5.75 Å². The number of amides is 1. The summed E-state index contributed by atoms with van der Waals surface area (Å²) in [4.78, 5) is 14.0. The predicted octanol–water partition coefficient (Wildman–Crippen LogP) is 8.49. The largest absolute Gasteiger partial charge is 0.484 e. The first-order chi connectivity index (χ1) is 28.2. The van der Waals surface area contributed by atoms with E-state index in [4.69, 9.17) is 28.4 Å². The molecule has 1 aliphatic carbocycles. The Balaban J connectivity index is 1.29. The lowest BCUT2D eigenvalue weighted by Crippen LogP contribution is -2.71. The third-order valence-corrected chi connectivity index (χ3v) is 9.87. The van der Waals surface area contributed by atoms with Crippen molar-refractivity contribution >= 4 is 5.91 Å². The molecule has 1 fully saturated rings. The minimum Gasteiger partial charge on any atom is -0.484 e. The van der Waals surface area contributed by atoms with Gasteiger partial charge in [-0.1, -0.05) is 170 Å². The summed E-state index contributed by atoms with van der Waals surface area (Å²) in [5, 5.41) is 3.28. The highest BCUT2D eigenvalue weighted by Gasteiger charge is 2.55. The van der Waals surface area contributed by atoms with E-state index >= 15 is 0 Å². The van der Waals surface area contributed by atoms with Crippen molar-refractivity contribution in [2.45, 2.75) is 69.6 Å². The van der Waals surface area contributed by atoms with E-state index in [0.29, 0.717) is 12.4 Å². The van der Waals surface area contributed by atoms with Crippen LogP contribution in [0.15, 0.2) is 182 Å². The maximum atomic E-state index is 14.0. The fraction of sp³-hybridized carbons (Fsp3) is 0.245. The first kappa shape index (κ1) is 39.6. The van der Waals surface area contributed by atoms with Crippen molar-refractivity contribution in [1.82, 2.24) is 5.32 Å². The minimum absolute atomic E-state index is 0.212. The molecule has 0 heterocycles. The van der Waals surface area contributed by atoms with Gasteiger partial charge in [-0.05, 0) is 39.9 Å². The first-order valence-electron chi connectivity index (χ1n) is 19.4. The Morgan fingerprint density at radius 2 is 0.632 bits per heavy atom. The molecule has 1 N–H and O–H groups in total. The molecule has 292 valence electrons. The molecule has 7 rings (SSSR count). The van der Waals surface area contributed by atoms with E-state index in [1.807, 2.05) is 182 Å². The maximum absolute atomic E-state index is 14.0. The molecule has 0 aliphatic heterocycles. The second kappa shape index (κ2) is 21.1. The Morgan fingerprint density at radius 3 is 0.947 bits per heavy atom. The molecule has 57 heavy (non-hydrogen) atoms. The highest BCUT2D eigenvalue weighted by Crippen LogP contribution is 2.35. The average Bonchev–Trinajstić information content (AvgIpc) is 3.27. The van der Waals surface area contributed by atoms with Crippen molar-refractivity contribution in [2.24, 2.45) is 0 Å². The summed E-state index contributed by atoms with van der Waals surface area (Å²) in [7, 11) is 0. The second-order valence-corrected chi connectivity index (χ2v) is 14.0. The van der Waals surface area contributed by atoms with Crippen LogP contribution >= 0.6 is 0 Å². The van der Waals surface area contributed by atoms with Crippen molar-refractivity contribution in [3.05, 3.63) is 210 Å². The molecule has 1 amide bonds. The number of rotatable bonds is 19. The van der Waals surface area contributed by atoms with Crippen LogP contribution < -0.4 is 10.1 Å². The van der Waals surface area contributed by atoms with Gasteiger partial charge < -0.3 is 33.7 Å². The Hall–Kier alpha value is -5.61. The number of carbonyl (C=O) groups is 1. The van der Waals surface area contributed by atoms with E-state index in [2.05, 4.69) is 5.32 Å². The normalized spacial score (nSPS) is 20.4. The van der Waals surface area contributed by atoms with Crippen LogP contribution in [-0.4, -0.2) is 49.1 Å². The topological polar surface area (TPSA) is 84.5 Å². The van der Waals surface area contributed by atoms with Gasteiger partial charge in [-0.25, -0.2) is 0 Å². The summed E-state index contributed by atoms with van der Waals surface area (Å²) in [6.45, 7) is 1.16. The molecule has 0 bridgehead atoms. The van der Waals surface area contributed by atoms with E-state index in [1.54, 1.807) is 0 Å². The van der Waals surface area contributed by atoms with E-state index in [0.717, 1.165) is 27.8 Å². The quantitative estimate of drug-likeness (QED) is 0.0887. The number of carbonyl (C=O) groups excluding carboxylic acids is 1. The van der Waals surface area contributed by atoms with Gasteiger partial charge in [0, 0.05) is 0 Å². The van der Waals surface area contributed by atoms with Crippen molar-refractivity contribution < 1.29 is 33.2 Å². The van der Waals surface area contributed by atoms with Gasteiger partial charge in [0.1, 0.15) is 36.3 Å². The monoisotopic (exact) mass is 763 g/mol. The smallest absolute Gasteiger partial charge is 0.258 e. The molecule has 1 saturated carbocycles. The lowest BCUT2D eigenvalue weighted by molar-refractivity contribution is -0.259. The molecular formula is C49H49NO7. The molecule has 1 aliphatic rings. The average molecular weight is 764 g/mol. The van der Waals surface area contributed by atoms with Crippen molar-refractivity contribution in [3.63, 3.8) is 0 Å². The summed E-state index contributed by atoms with van der Waals surface area (Å²) in [6.07, 6.45) is -3.60. The van der Waals surface area contributed by atoms with Gasteiger partial charge in [0.15, 0.2) is 6.61 Å². The number of ether oxygens (including phenoxy) is 6. The number of hydrogen-bond donors (Lipinski definition) is 1. The number of benzene rings is 6. The van der Waals surface area contributed by atoms with E-state index in [-0.39, 0.29) is 38.9 Å². The Kier molecular flexibility index (Phi) is 14.6. The molecule has 0 saturated heterocycles. The molecule has 0 aromatic heterocycles. The molecule has 0 spiro atoms. The predicted molar refractivity (Wildman–Crippen MR) is 219 cm³/mol. The number of nitrogens with one attached hydrogen (secondary N) is 1. The molecule has 6 aromatic carbocycles. The van der Waals surface area contributed by atoms with Crippen LogP contribution in [0.3, 0.4) is 0 Å². The lowest BCUT2D eigenvalue weighted by Gasteiger charge is -2.50. The van der Waals surface area contributed by atoms with Gasteiger partial charge in [0.05, 0.1) is 39.1 Å². The van der Waals surface area contributed by atoms with Gasteiger partial charge in [0.2, 0.25) is 0 Å². The van der Waals surface area contributed by atoms with Crippen LogP contribution in [0, 0.1) is 0 Å². The SMILES string of the molecule is O=C(COc1ccccc1)NC1[C@@H](OCc2ccccc2)[C@H](OCc2ccccc2)C(OCc2ccccc2)[C@H](OCc2ccccc2)[C@H]1OCc1ccccc1. The Bertz CT molecular complexity index is 1920. The van der Waals surface area contributed by atoms with Gasteiger partial charge >= 0.3 is 0 Å². The van der Waals surface area contributed by atoms with Gasteiger partial charge in [0.25, 0.3) is 5.91 Å². The van der Waals surface area contributed by atoms with Gasteiger partial charge in [-0.15, -0.1) is 0 Å². The Labute approximate surface area is 335 Å². The fourth-order valence-electron chi connectivity index (χ4n) is 7.01. The third-order valence-electron chi connectivity index (χ3n) is 9.87. The molecular weight excluding hydrogens is 715 g/mol. The van der Waals surface area contributed by atoms with Crippen molar-refractivity contribution in [2.75, 3.05) is 6.61 Å². The molecule has 8 heteroatoms. The Morgan fingerprint density at radius 1 is 0.368 bits per heavy atom. The highest BCUT2D eigenvalue weighted by molar-refractivity contribution is 5.78. The molecule has 0 radical (unpaired) electrons. The maximum Gasteiger partial charge on any atom is 0.258 e. The zero-order valence-corrected chi connectivity index (χ0v) is 31.9. The first-order valence-corrected chi connectivity index (χ1v) is 19.4. The molecule has 8 nitrogen and oxygen atoms in total.